The summed E-state index contributed by atoms with van der Waals surface area (Å²) in [4.78, 5) is 27.3. The second-order valence-electron chi connectivity index (χ2n) is 6.48. The Bertz CT molecular complexity index is 1010. The van der Waals surface area contributed by atoms with Gasteiger partial charge in [-0.1, -0.05) is 0 Å². The molecule has 0 saturated heterocycles. The average molecular weight is 418 g/mol. The molecule has 0 aliphatic carbocycles. The first-order chi connectivity index (χ1) is 13.6. The highest BCUT2D eigenvalue weighted by Gasteiger charge is 2.20. The molecule has 0 aromatic heterocycles. The number of nitrogens with one attached hydrogen (secondary N) is 2. The Balaban J connectivity index is 2.18. The van der Waals surface area contributed by atoms with Gasteiger partial charge in [-0.05, 0) is 80.8 Å². The van der Waals surface area contributed by atoms with Crippen molar-refractivity contribution in [2.24, 2.45) is 0 Å². The number of hydrogen-bond acceptors (Lipinski definition) is 6. The van der Waals surface area contributed by atoms with E-state index in [0.29, 0.717) is 11.1 Å². The fourth-order valence-electron chi connectivity index (χ4n) is 2.88. The van der Waals surface area contributed by atoms with Crippen LogP contribution in [-0.4, -0.2) is 33.4 Å². The first-order valence-corrected chi connectivity index (χ1v) is 10.6. The molecule has 2 rings (SSSR count). The molecule has 29 heavy (non-hydrogen) atoms. The minimum Gasteiger partial charge on any atom is -0.545 e. The summed E-state index contributed by atoms with van der Waals surface area (Å²) in [5.41, 5.74) is 3.98. The summed E-state index contributed by atoms with van der Waals surface area (Å²) in [6.07, 6.45) is 0. The lowest BCUT2D eigenvalue weighted by Crippen LogP contribution is -2.42. The fraction of sp³-hybridized carbons (Fsp3) is 0.300. The van der Waals surface area contributed by atoms with Crippen molar-refractivity contribution in [2.75, 3.05) is 18.0 Å². The van der Waals surface area contributed by atoms with E-state index >= 15 is 0 Å². The Labute approximate surface area is 170 Å². The van der Waals surface area contributed by atoms with Gasteiger partial charge in [0.25, 0.3) is 15.9 Å². The van der Waals surface area contributed by atoms with Crippen molar-refractivity contribution in [3.63, 3.8) is 0 Å². The Hall–Kier alpha value is -2.91. The predicted octanol–water partition coefficient (Wildman–Crippen LogP) is 1.14. The number of benzene rings is 2. The highest BCUT2D eigenvalue weighted by molar-refractivity contribution is 7.89. The van der Waals surface area contributed by atoms with Crippen LogP contribution in [0.2, 0.25) is 0 Å². The van der Waals surface area contributed by atoms with E-state index in [1.165, 1.54) is 6.07 Å². The van der Waals surface area contributed by atoms with Crippen LogP contribution >= 0.6 is 0 Å². The molecule has 0 radical (unpaired) electrons. The molecule has 2 N–H and O–H groups in total. The number of aryl methyl sites for hydroxylation is 1. The van der Waals surface area contributed by atoms with Gasteiger partial charge < -0.3 is 14.8 Å². The van der Waals surface area contributed by atoms with E-state index in [2.05, 4.69) is 10.3 Å². The van der Waals surface area contributed by atoms with Crippen LogP contribution in [0.3, 0.4) is 0 Å². The molecular weight excluding hydrogens is 394 g/mol. The molecule has 8 nitrogen and oxygen atoms in total. The number of aromatic carboxylic acids is 1. The third-order valence-corrected chi connectivity index (χ3v) is 6.08. The van der Waals surface area contributed by atoms with Gasteiger partial charge in [0, 0.05) is 24.3 Å². The van der Waals surface area contributed by atoms with Crippen molar-refractivity contribution in [1.82, 2.24) is 10.3 Å². The molecule has 0 saturated carbocycles. The molecule has 0 aliphatic heterocycles. The van der Waals surface area contributed by atoms with Crippen molar-refractivity contribution in [3.8, 4) is 0 Å². The van der Waals surface area contributed by atoms with Gasteiger partial charge in [0.05, 0.1) is 10.9 Å². The molecular formula is C20H24N3O5S-. The van der Waals surface area contributed by atoms with Gasteiger partial charge in [0.2, 0.25) is 0 Å². The van der Waals surface area contributed by atoms with Crippen LogP contribution in [0.4, 0.5) is 5.69 Å². The van der Waals surface area contributed by atoms with Crippen LogP contribution < -0.4 is 20.3 Å². The topological polar surface area (TPSA) is 119 Å². The summed E-state index contributed by atoms with van der Waals surface area (Å²) in [7, 11) is -4.18. The molecule has 156 valence electrons. The zero-order valence-electron chi connectivity index (χ0n) is 16.8. The van der Waals surface area contributed by atoms with E-state index in [0.717, 1.165) is 24.8 Å². The fourth-order valence-corrected chi connectivity index (χ4v) is 4.06. The Morgan fingerprint density at radius 1 is 1.00 bits per heavy atom. The number of anilines is 1. The van der Waals surface area contributed by atoms with Crippen molar-refractivity contribution < 1.29 is 23.1 Å². The van der Waals surface area contributed by atoms with Gasteiger partial charge in [-0.15, -0.1) is 4.83 Å². The summed E-state index contributed by atoms with van der Waals surface area (Å²) in [5, 5.41) is 11.1. The van der Waals surface area contributed by atoms with E-state index in [-0.39, 0.29) is 16.0 Å². The van der Waals surface area contributed by atoms with Crippen LogP contribution in [0.15, 0.2) is 41.3 Å². The largest absolute Gasteiger partial charge is 0.545 e. The number of hydrogen-bond donors (Lipinski definition) is 2. The quantitative estimate of drug-likeness (QED) is 0.621. The summed E-state index contributed by atoms with van der Waals surface area (Å²) in [6, 6.07) is 9.11. The third-order valence-electron chi connectivity index (χ3n) is 4.70. The van der Waals surface area contributed by atoms with Gasteiger partial charge >= 0.3 is 0 Å². The lowest BCUT2D eigenvalue weighted by molar-refractivity contribution is -0.255. The zero-order valence-corrected chi connectivity index (χ0v) is 17.6. The van der Waals surface area contributed by atoms with Crippen molar-refractivity contribution in [3.05, 3.63) is 58.7 Å². The molecule has 0 bridgehead atoms. The number of hydrazine groups is 1. The average Bonchev–Trinajstić information content (AvgIpc) is 2.69. The highest BCUT2D eigenvalue weighted by atomic mass is 32.2. The molecule has 0 spiro atoms. The van der Waals surface area contributed by atoms with Crippen molar-refractivity contribution in [1.29, 1.82) is 0 Å². The van der Waals surface area contributed by atoms with Gasteiger partial charge in [-0.3, -0.25) is 10.2 Å². The van der Waals surface area contributed by atoms with Crippen LogP contribution in [0.1, 0.15) is 45.7 Å². The lowest BCUT2D eigenvalue weighted by Gasteiger charge is -2.21. The van der Waals surface area contributed by atoms with Gasteiger partial charge in [-0.25, -0.2) is 8.42 Å². The van der Waals surface area contributed by atoms with Gasteiger partial charge in [0.1, 0.15) is 0 Å². The molecule has 2 aromatic carbocycles. The normalized spacial score (nSPS) is 11.2. The smallest absolute Gasteiger partial charge is 0.266 e. The van der Waals surface area contributed by atoms with E-state index in [1.54, 1.807) is 38.1 Å². The number of amides is 1. The number of carbonyl (C=O) groups is 2. The molecule has 2 aromatic rings. The summed E-state index contributed by atoms with van der Waals surface area (Å²) in [5.74, 6) is -2.12. The van der Waals surface area contributed by atoms with Crippen LogP contribution in [0.5, 0.6) is 0 Å². The third kappa shape index (κ3) is 5.12. The number of nitrogens with zero attached hydrogens (tertiary/aromatic N) is 1. The van der Waals surface area contributed by atoms with Crippen molar-refractivity contribution >= 4 is 27.6 Å². The molecule has 0 fully saturated rings. The lowest BCUT2D eigenvalue weighted by atomic mass is 10.1. The molecule has 0 heterocycles. The van der Waals surface area contributed by atoms with Crippen LogP contribution in [0.25, 0.3) is 0 Å². The standard InChI is InChI=1S/C20H25N3O5S/c1-5-23(6-2)17-9-7-15(8-10-17)19(24)21-22-29(27,28)18-12-16(20(25)26)11-13(3)14(18)4/h7-12,22H,5-6H2,1-4H3,(H,21,24)(H,25,26)/p-1. The number of carboxylic acids is 1. The second-order valence-corrected chi connectivity index (χ2v) is 8.13. The van der Waals surface area contributed by atoms with E-state index in [4.69, 9.17) is 0 Å². The van der Waals surface area contributed by atoms with Crippen molar-refractivity contribution in [2.45, 2.75) is 32.6 Å². The number of carbonyl (C=O) groups excluding carboxylic acids is 2. The zero-order chi connectivity index (χ0) is 21.8. The SMILES string of the molecule is CCN(CC)c1ccc(C(=O)NNS(=O)(=O)c2cc(C(=O)[O-])cc(C)c2C)cc1. The minimum absolute atomic E-state index is 0.242. The Kier molecular flexibility index (Phi) is 6.99. The van der Waals surface area contributed by atoms with Crippen LogP contribution in [-0.2, 0) is 10.0 Å². The van der Waals surface area contributed by atoms with E-state index in [9.17, 15) is 23.1 Å². The number of sulfonamides is 1. The number of carboxylic acid groups (broad SMARTS) is 1. The number of rotatable bonds is 8. The molecule has 9 heteroatoms. The Morgan fingerprint density at radius 2 is 1.59 bits per heavy atom. The molecule has 0 unspecified atom stereocenters. The first-order valence-electron chi connectivity index (χ1n) is 9.10. The minimum atomic E-state index is -4.18. The Morgan fingerprint density at radius 3 is 2.10 bits per heavy atom. The second kappa shape index (κ2) is 9.06. The van der Waals surface area contributed by atoms with Gasteiger partial charge in [-0.2, -0.15) is 0 Å². The van der Waals surface area contributed by atoms with Crippen LogP contribution in [0, 0.1) is 13.8 Å². The summed E-state index contributed by atoms with van der Waals surface area (Å²) >= 11 is 0. The highest BCUT2D eigenvalue weighted by Crippen LogP contribution is 2.21. The predicted molar refractivity (Wildman–Crippen MR) is 108 cm³/mol. The maximum Gasteiger partial charge on any atom is 0.266 e. The van der Waals surface area contributed by atoms with E-state index in [1.807, 2.05) is 18.7 Å². The summed E-state index contributed by atoms with van der Waals surface area (Å²) < 4.78 is 25.2. The molecule has 0 atom stereocenters. The maximum absolute atomic E-state index is 12.6. The molecule has 1 amide bonds. The van der Waals surface area contributed by atoms with Gasteiger partial charge in [0.15, 0.2) is 0 Å². The van der Waals surface area contributed by atoms with E-state index < -0.39 is 21.9 Å². The monoisotopic (exact) mass is 418 g/mol. The summed E-state index contributed by atoms with van der Waals surface area (Å²) in [6.45, 7) is 8.85. The molecule has 0 aliphatic rings. The first kappa shape index (κ1) is 22.4. The maximum atomic E-state index is 12.6.